The molecule has 1 N–H and O–H groups in total. The highest BCUT2D eigenvalue weighted by atomic mass is 35.5. The van der Waals surface area contributed by atoms with Crippen molar-refractivity contribution < 1.29 is 18.7 Å². The van der Waals surface area contributed by atoms with E-state index in [1.807, 2.05) is 13.0 Å². The van der Waals surface area contributed by atoms with Crippen molar-refractivity contribution in [1.82, 2.24) is 5.43 Å². The number of rotatable bonds is 5. The number of furan rings is 1. The summed E-state index contributed by atoms with van der Waals surface area (Å²) in [4.78, 5) is 23.8. The molecule has 2 aromatic carbocycles. The fourth-order valence-electron chi connectivity index (χ4n) is 2.53. The van der Waals surface area contributed by atoms with Crippen molar-refractivity contribution in [1.29, 1.82) is 0 Å². The van der Waals surface area contributed by atoms with E-state index in [4.69, 9.17) is 20.8 Å². The van der Waals surface area contributed by atoms with E-state index in [2.05, 4.69) is 10.5 Å². The molecule has 0 unspecified atom stereocenters. The van der Waals surface area contributed by atoms with Crippen molar-refractivity contribution in [3.8, 4) is 11.3 Å². The van der Waals surface area contributed by atoms with Crippen LogP contribution in [-0.2, 0) is 4.74 Å². The first kappa shape index (κ1) is 19.4. The number of methoxy groups -OCH3 is 1. The van der Waals surface area contributed by atoms with Crippen molar-refractivity contribution in [2.45, 2.75) is 6.92 Å². The van der Waals surface area contributed by atoms with Gasteiger partial charge in [-0.05, 0) is 49.4 Å². The molecule has 0 saturated carbocycles. The average Bonchev–Trinajstić information content (AvgIpc) is 3.16. The van der Waals surface area contributed by atoms with Gasteiger partial charge >= 0.3 is 5.97 Å². The predicted molar refractivity (Wildman–Crippen MR) is 107 cm³/mol. The molecule has 1 aromatic heterocycles. The normalized spacial score (nSPS) is 10.8. The highest BCUT2D eigenvalue weighted by molar-refractivity contribution is 6.33. The number of carbonyl (C=O) groups excluding carboxylic acids is 2. The molecule has 0 aliphatic heterocycles. The molecule has 142 valence electrons. The summed E-state index contributed by atoms with van der Waals surface area (Å²) in [7, 11) is 1.31. The lowest BCUT2D eigenvalue weighted by Crippen LogP contribution is -2.17. The van der Waals surface area contributed by atoms with E-state index in [0.717, 1.165) is 5.56 Å². The third-order valence-corrected chi connectivity index (χ3v) is 4.25. The number of benzene rings is 2. The lowest BCUT2D eigenvalue weighted by Gasteiger charge is -2.04. The minimum atomic E-state index is -0.467. The number of ether oxygens (including phenoxy) is 1. The maximum Gasteiger partial charge on any atom is 0.337 e. The van der Waals surface area contributed by atoms with Crippen molar-refractivity contribution in [3.63, 3.8) is 0 Å². The van der Waals surface area contributed by atoms with Gasteiger partial charge in [0.25, 0.3) is 5.91 Å². The van der Waals surface area contributed by atoms with Gasteiger partial charge in [-0.1, -0.05) is 29.3 Å². The Balaban J connectivity index is 1.73. The molecule has 1 amide bonds. The molecule has 7 heteroatoms. The van der Waals surface area contributed by atoms with E-state index >= 15 is 0 Å². The Hall–Kier alpha value is -3.38. The van der Waals surface area contributed by atoms with Crippen LogP contribution in [0.5, 0.6) is 0 Å². The van der Waals surface area contributed by atoms with Gasteiger partial charge in [-0.3, -0.25) is 4.79 Å². The van der Waals surface area contributed by atoms with E-state index in [-0.39, 0.29) is 5.91 Å². The largest absolute Gasteiger partial charge is 0.465 e. The van der Waals surface area contributed by atoms with Gasteiger partial charge in [0, 0.05) is 11.1 Å². The summed E-state index contributed by atoms with van der Waals surface area (Å²) in [5.41, 5.74) is 4.86. The fraction of sp³-hybridized carbons (Fsp3) is 0.0952. The molecular formula is C21H17ClN2O4. The van der Waals surface area contributed by atoms with Crippen molar-refractivity contribution in [2.24, 2.45) is 5.10 Å². The molecule has 3 rings (SSSR count). The van der Waals surface area contributed by atoms with Gasteiger partial charge in [0.15, 0.2) is 0 Å². The van der Waals surface area contributed by atoms with E-state index in [0.29, 0.717) is 33.2 Å². The summed E-state index contributed by atoms with van der Waals surface area (Å²) in [6.45, 7) is 1.91. The number of halogens is 1. The maximum absolute atomic E-state index is 12.1. The number of nitrogens with zero attached hydrogens (tertiary/aromatic N) is 1. The average molecular weight is 397 g/mol. The van der Waals surface area contributed by atoms with Crippen LogP contribution in [0.1, 0.15) is 32.0 Å². The Morgan fingerprint density at radius 2 is 1.93 bits per heavy atom. The van der Waals surface area contributed by atoms with Crippen molar-refractivity contribution in [2.75, 3.05) is 7.11 Å². The molecule has 0 radical (unpaired) electrons. The van der Waals surface area contributed by atoms with Gasteiger partial charge in [0.05, 0.1) is 23.9 Å². The second kappa shape index (κ2) is 8.54. The fourth-order valence-corrected chi connectivity index (χ4v) is 2.74. The number of amides is 1. The Kier molecular flexibility index (Phi) is 5.91. The zero-order valence-electron chi connectivity index (χ0n) is 15.2. The molecule has 1 heterocycles. The molecule has 6 nitrogen and oxygen atoms in total. The van der Waals surface area contributed by atoms with Crippen LogP contribution in [0.3, 0.4) is 0 Å². The number of nitrogens with one attached hydrogen (secondary N) is 1. The van der Waals surface area contributed by atoms with Gasteiger partial charge < -0.3 is 9.15 Å². The van der Waals surface area contributed by atoms with Gasteiger partial charge in [-0.15, -0.1) is 0 Å². The van der Waals surface area contributed by atoms with Crippen LogP contribution >= 0.6 is 11.6 Å². The zero-order valence-corrected chi connectivity index (χ0v) is 16.0. The standard InChI is InChI=1S/C21H17ClN2O4/c1-13-4-3-5-14(10-13)20(25)24-23-12-16-7-9-19(28-16)17-11-15(21(26)27-2)6-8-18(17)22/h3-12H,1-2H3,(H,24,25)/b23-12-. The number of hydrogen-bond acceptors (Lipinski definition) is 5. The Labute approximate surface area is 166 Å². The van der Waals surface area contributed by atoms with Gasteiger partial charge in [-0.25, -0.2) is 10.2 Å². The highest BCUT2D eigenvalue weighted by Crippen LogP contribution is 2.30. The Morgan fingerprint density at radius 1 is 1.11 bits per heavy atom. The minimum absolute atomic E-state index is 0.319. The van der Waals surface area contributed by atoms with Crippen molar-refractivity contribution >= 4 is 29.7 Å². The Morgan fingerprint density at radius 3 is 2.68 bits per heavy atom. The van der Waals surface area contributed by atoms with E-state index in [1.165, 1.54) is 13.3 Å². The predicted octanol–water partition coefficient (Wildman–Crippen LogP) is 4.46. The quantitative estimate of drug-likeness (QED) is 0.392. The second-order valence-corrected chi connectivity index (χ2v) is 6.36. The first-order chi connectivity index (χ1) is 13.5. The minimum Gasteiger partial charge on any atom is -0.465 e. The van der Waals surface area contributed by atoms with E-state index < -0.39 is 5.97 Å². The molecule has 0 aliphatic rings. The van der Waals surface area contributed by atoms with Gasteiger partial charge in [0.2, 0.25) is 0 Å². The van der Waals surface area contributed by atoms with Crippen LogP contribution in [-0.4, -0.2) is 25.2 Å². The molecular weight excluding hydrogens is 380 g/mol. The topological polar surface area (TPSA) is 80.9 Å². The monoisotopic (exact) mass is 396 g/mol. The van der Waals surface area contributed by atoms with Crippen LogP contribution < -0.4 is 5.43 Å². The van der Waals surface area contributed by atoms with Crippen LogP contribution in [0.4, 0.5) is 0 Å². The first-order valence-electron chi connectivity index (χ1n) is 8.36. The molecule has 28 heavy (non-hydrogen) atoms. The highest BCUT2D eigenvalue weighted by Gasteiger charge is 2.13. The van der Waals surface area contributed by atoms with E-state index in [9.17, 15) is 9.59 Å². The van der Waals surface area contributed by atoms with Crippen LogP contribution in [0.15, 0.2) is 64.1 Å². The number of hydrogen-bond donors (Lipinski definition) is 1. The summed E-state index contributed by atoms with van der Waals surface area (Å²) in [5, 5.41) is 4.34. The molecule has 0 bridgehead atoms. The number of hydrazone groups is 1. The summed E-state index contributed by atoms with van der Waals surface area (Å²) in [5.74, 6) is 0.0898. The number of carbonyl (C=O) groups is 2. The molecule has 0 atom stereocenters. The lowest BCUT2D eigenvalue weighted by atomic mass is 10.1. The van der Waals surface area contributed by atoms with Gasteiger partial charge in [0.1, 0.15) is 11.5 Å². The number of aryl methyl sites for hydroxylation is 1. The van der Waals surface area contributed by atoms with Crippen LogP contribution in [0.2, 0.25) is 5.02 Å². The smallest absolute Gasteiger partial charge is 0.337 e. The van der Waals surface area contributed by atoms with Crippen molar-refractivity contribution in [3.05, 3.63) is 82.1 Å². The molecule has 0 spiro atoms. The first-order valence-corrected chi connectivity index (χ1v) is 8.74. The summed E-state index contributed by atoms with van der Waals surface area (Å²) in [6.07, 6.45) is 1.38. The second-order valence-electron chi connectivity index (χ2n) is 5.96. The SMILES string of the molecule is COC(=O)c1ccc(Cl)c(-c2ccc(/C=N\NC(=O)c3cccc(C)c3)o2)c1. The molecule has 3 aromatic rings. The molecule has 0 saturated heterocycles. The lowest BCUT2D eigenvalue weighted by molar-refractivity contribution is 0.0600. The van der Waals surface area contributed by atoms with Gasteiger partial charge in [-0.2, -0.15) is 5.10 Å². The van der Waals surface area contributed by atoms with E-state index in [1.54, 1.807) is 48.5 Å². The Bertz CT molecular complexity index is 1060. The number of esters is 1. The summed E-state index contributed by atoms with van der Waals surface area (Å²) in [6, 6.07) is 15.3. The summed E-state index contributed by atoms with van der Waals surface area (Å²) < 4.78 is 10.4. The third kappa shape index (κ3) is 4.47. The third-order valence-electron chi connectivity index (χ3n) is 3.92. The maximum atomic E-state index is 12.1. The van der Waals surface area contributed by atoms with Crippen LogP contribution in [0, 0.1) is 6.92 Å². The summed E-state index contributed by atoms with van der Waals surface area (Å²) >= 11 is 6.21. The zero-order chi connectivity index (χ0) is 20.1. The van der Waals surface area contributed by atoms with Crippen LogP contribution in [0.25, 0.3) is 11.3 Å². The molecule has 0 fully saturated rings. The molecule has 0 aliphatic carbocycles.